The summed E-state index contributed by atoms with van der Waals surface area (Å²) in [6.07, 6.45) is 3.89. The number of nitrogens with zero attached hydrogens (tertiary/aromatic N) is 1. The van der Waals surface area contributed by atoms with Crippen LogP contribution in [0.15, 0.2) is 36.5 Å². The van der Waals surface area contributed by atoms with Crippen LogP contribution >= 0.6 is 11.8 Å². The summed E-state index contributed by atoms with van der Waals surface area (Å²) < 4.78 is 0. The number of thioether (sulfide) groups is 1. The lowest BCUT2D eigenvalue weighted by atomic mass is 10.0. The number of fused-ring (bicyclic) bond motifs is 1. The van der Waals surface area contributed by atoms with Gasteiger partial charge in [-0.15, -0.1) is 0 Å². The molecule has 1 atom stereocenters. The zero-order valence-corrected chi connectivity index (χ0v) is 10.00. The van der Waals surface area contributed by atoms with E-state index in [1.165, 1.54) is 10.9 Å². The number of hydrogen-bond donors (Lipinski definition) is 2. The normalized spacial score (nSPS) is 12.9. The lowest BCUT2D eigenvalue weighted by Crippen LogP contribution is -2.29. The Hall–Kier alpha value is -1.10. The lowest BCUT2D eigenvalue weighted by molar-refractivity contribution is 0.615. The van der Waals surface area contributed by atoms with Gasteiger partial charge in [-0.3, -0.25) is 16.3 Å². The van der Waals surface area contributed by atoms with Gasteiger partial charge < -0.3 is 0 Å². The first-order valence-corrected chi connectivity index (χ1v) is 6.55. The molecule has 1 aromatic carbocycles. The van der Waals surface area contributed by atoms with Gasteiger partial charge in [0, 0.05) is 17.3 Å². The van der Waals surface area contributed by atoms with Gasteiger partial charge in [-0.1, -0.05) is 18.2 Å². The molecule has 2 aromatic rings. The molecular formula is C12H15N3S. The number of benzene rings is 1. The number of nitrogens with two attached hydrogens (primary N) is 1. The topological polar surface area (TPSA) is 50.9 Å². The first-order chi connectivity index (χ1) is 7.86. The van der Waals surface area contributed by atoms with Crippen molar-refractivity contribution in [1.82, 2.24) is 10.4 Å². The quantitative estimate of drug-likeness (QED) is 0.627. The fourth-order valence-electron chi connectivity index (χ4n) is 1.83. The summed E-state index contributed by atoms with van der Waals surface area (Å²) in [4.78, 5) is 4.34. The molecular weight excluding hydrogens is 218 g/mol. The van der Waals surface area contributed by atoms with Crippen LogP contribution in [0.25, 0.3) is 10.9 Å². The van der Waals surface area contributed by atoms with Crippen molar-refractivity contribution in [2.45, 2.75) is 6.04 Å². The van der Waals surface area contributed by atoms with Crippen molar-refractivity contribution in [3.63, 3.8) is 0 Å². The number of rotatable bonds is 4. The Morgan fingerprint density at radius 3 is 3.00 bits per heavy atom. The Morgan fingerprint density at radius 2 is 2.25 bits per heavy atom. The van der Waals surface area contributed by atoms with Gasteiger partial charge in [0.05, 0.1) is 11.6 Å². The van der Waals surface area contributed by atoms with Gasteiger partial charge in [-0.2, -0.15) is 11.8 Å². The van der Waals surface area contributed by atoms with Crippen molar-refractivity contribution < 1.29 is 0 Å². The fourth-order valence-corrected chi connectivity index (χ4v) is 2.43. The van der Waals surface area contributed by atoms with Crippen molar-refractivity contribution in [2.24, 2.45) is 5.84 Å². The summed E-state index contributed by atoms with van der Waals surface area (Å²) in [5, 5.41) is 1.17. The molecule has 0 fully saturated rings. The molecule has 0 amide bonds. The van der Waals surface area contributed by atoms with Crippen molar-refractivity contribution in [1.29, 1.82) is 0 Å². The summed E-state index contributed by atoms with van der Waals surface area (Å²) in [6.45, 7) is 0. The second-order valence-electron chi connectivity index (χ2n) is 3.59. The third-order valence-electron chi connectivity index (χ3n) is 2.59. The lowest BCUT2D eigenvalue weighted by Gasteiger charge is -2.16. The van der Waals surface area contributed by atoms with Crippen LogP contribution in [0.3, 0.4) is 0 Å². The van der Waals surface area contributed by atoms with Crippen molar-refractivity contribution in [2.75, 3.05) is 12.0 Å². The average Bonchev–Trinajstić information content (AvgIpc) is 2.35. The van der Waals surface area contributed by atoms with Crippen LogP contribution < -0.4 is 11.3 Å². The standard InChI is InChI=1S/C12H15N3S/c1-16-8-12(15-13)10-4-2-6-11-9(10)5-3-7-14-11/h2-7,12,15H,8,13H2,1H3. The van der Waals surface area contributed by atoms with E-state index in [1.807, 2.05) is 24.4 Å². The summed E-state index contributed by atoms with van der Waals surface area (Å²) in [5.41, 5.74) is 5.09. The second kappa shape index (κ2) is 5.30. The van der Waals surface area contributed by atoms with Crippen LogP contribution in [0.2, 0.25) is 0 Å². The molecule has 0 saturated carbocycles. The molecule has 0 saturated heterocycles. The molecule has 0 bridgehead atoms. The van der Waals surface area contributed by atoms with E-state index in [1.54, 1.807) is 11.8 Å². The largest absolute Gasteiger partial charge is 0.271 e. The highest BCUT2D eigenvalue weighted by atomic mass is 32.2. The Labute approximate surface area is 99.4 Å². The van der Waals surface area contributed by atoms with Gasteiger partial charge in [-0.05, 0) is 24.0 Å². The predicted octanol–water partition coefficient (Wildman–Crippen LogP) is 2.10. The number of hydrazine groups is 1. The van der Waals surface area contributed by atoms with E-state index >= 15 is 0 Å². The maximum Gasteiger partial charge on any atom is 0.0705 e. The summed E-state index contributed by atoms with van der Waals surface area (Å²) in [6, 6.07) is 10.4. The number of nitrogens with one attached hydrogen (secondary N) is 1. The molecule has 84 valence electrons. The molecule has 0 radical (unpaired) electrons. The van der Waals surface area contributed by atoms with E-state index in [0.29, 0.717) is 0 Å². The van der Waals surface area contributed by atoms with Crippen LogP contribution in [0.5, 0.6) is 0 Å². The molecule has 2 rings (SSSR count). The first-order valence-electron chi connectivity index (χ1n) is 5.15. The molecule has 4 heteroatoms. The van der Waals surface area contributed by atoms with E-state index < -0.39 is 0 Å². The van der Waals surface area contributed by atoms with E-state index in [4.69, 9.17) is 5.84 Å². The summed E-state index contributed by atoms with van der Waals surface area (Å²) in [7, 11) is 0. The Balaban J connectivity index is 2.50. The monoisotopic (exact) mass is 233 g/mol. The van der Waals surface area contributed by atoms with Crippen molar-refractivity contribution >= 4 is 22.7 Å². The van der Waals surface area contributed by atoms with Crippen LogP contribution in [-0.2, 0) is 0 Å². The third-order valence-corrected chi connectivity index (χ3v) is 3.26. The second-order valence-corrected chi connectivity index (χ2v) is 4.50. The van der Waals surface area contributed by atoms with Gasteiger partial charge in [-0.25, -0.2) is 0 Å². The Kier molecular flexibility index (Phi) is 3.77. The highest BCUT2D eigenvalue weighted by molar-refractivity contribution is 7.98. The molecule has 0 aliphatic heterocycles. The van der Waals surface area contributed by atoms with Crippen molar-refractivity contribution in [3.05, 3.63) is 42.1 Å². The third kappa shape index (κ3) is 2.19. The molecule has 1 aromatic heterocycles. The molecule has 16 heavy (non-hydrogen) atoms. The number of pyridine rings is 1. The van der Waals surface area contributed by atoms with Crippen LogP contribution in [0.1, 0.15) is 11.6 Å². The number of hydrogen-bond acceptors (Lipinski definition) is 4. The minimum absolute atomic E-state index is 0.169. The highest BCUT2D eigenvalue weighted by Crippen LogP contribution is 2.24. The van der Waals surface area contributed by atoms with E-state index in [0.717, 1.165) is 11.3 Å². The van der Waals surface area contributed by atoms with E-state index in [9.17, 15) is 0 Å². The van der Waals surface area contributed by atoms with Gasteiger partial charge in [0.1, 0.15) is 0 Å². The molecule has 0 aliphatic carbocycles. The minimum Gasteiger partial charge on any atom is -0.271 e. The maximum atomic E-state index is 5.60. The van der Waals surface area contributed by atoms with Gasteiger partial charge in [0.15, 0.2) is 0 Å². The summed E-state index contributed by atoms with van der Waals surface area (Å²) in [5.74, 6) is 6.55. The SMILES string of the molecule is CSCC(NN)c1cccc2ncccc12. The Bertz CT molecular complexity index is 467. The molecule has 1 unspecified atom stereocenters. The predicted molar refractivity (Wildman–Crippen MR) is 70.2 cm³/mol. The van der Waals surface area contributed by atoms with Gasteiger partial charge >= 0.3 is 0 Å². The maximum absolute atomic E-state index is 5.60. The van der Waals surface area contributed by atoms with Crippen LogP contribution in [0.4, 0.5) is 0 Å². The molecule has 3 N–H and O–H groups in total. The van der Waals surface area contributed by atoms with Crippen LogP contribution in [0, 0.1) is 0 Å². The zero-order chi connectivity index (χ0) is 11.4. The summed E-state index contributed by atoms with van der Waals surface area (Å²) >= 11 is 1.77. The molecule has 0 aliphatic rings. The van der Waals surface area contributed by atoms with E-state index in [2.05, 4.69) is 28.8 Å². The Morgan fingerprint density at radius 1 is 1.38 bits per heavy atom. The first kappa shape index (κ1) is 11.4. The average molecular weight is 233 g/mol. The van der Waals surface area contributed by atoms with Crippen LogP contribution in [-0.4, -0.2) is 17.0 Å². The highest BCUT2D eigenvalue weighted by Gasteiger charge is 2.11. The molecule has 0 spiro atoms. The van der Waals surface area contributed by atoms with Gasteiger partial charge in [0.25, 0.3) is 0 Å². The smallest absolute Gasteiger partial charge is 0.0705 e. The molecule has 3 nitrogen and oxygen atoms in total. The van der Waals surface area contributed by atoms with Gasteiger partial charge in [0.2, 0.25) is 0 Å². The van der Waals surface area contributed by atoms with Crippen molar-refractivity contribution in [3.8, 4) is 0 Å². The minimum atomic E-state index is 0.169. The fraction of sp³-hybridized carbons (Fsp3) is 0.250. The zero-order valence-electron chi connectivity index (χ0n) is 9.18. The number of aromatic nitrogens is 1. The molecule has 1 heterocycles. The van der Waals surface area contributed by atoms with E-state index in [-0.39, 0.29) is 6.04 Å².